The van der Waals surface area contributed by atoms with Crippen molar-refractivity contribution in [3.63, 3.8) is 0 Å². The zero-order valence-corrected chi connectivity index (χ0v) is 16.6. The Morgan fingerprint density at radius 1 is 1.38 bits per heavy atom. The highest BCUT2D eigenvalue weighted by atomic mass is 32.1. The number of nitrogens with one attached hydrogen (secondary N) is 2. The molecule has 1 amide bonds. The summed E-state index contributed by atoms with van der Waals surface area (Å²) < 4.78 is 10.6. The largest absolute Gasteiger partial charge is 0.457 e. The zero-order valence-electron chi connectivity index (χ0n) is 15.8. The lowest BCUT2D eigenvalue weighted by Crippen LogP contribution is -2.46. The highest BCUT2D eigenvalue weighted by Gasteiger charge is 2.24. The first-order valence-corrected chi connectivity index (χ1v) is 10.4. The van der Waals surface area contributed by atoms with Crippen LogP contribution < -0.4 is 10.6 Å². The fourth-order valence-corrected chi connectivity index (χ4v) is 4.46. The molecule has 1 saturated heterocycles. The van der Waals surface area contributed by atoms with Gasteiger partial charge in [-0.05, 0) is 42.8 Å². The summed E-state index contributed by atoms with van der Waals surface area (Å²) >= 11 is 1.57. The molecule has 7 nitrogen and oxygen atoms in total. The zero-order chi connectivity index (χ0) is 20.2. The normalized spacial score (nSPS) is 19.6. The van der Waals surface area contributed by atoms with Crippen LogP contribution in [-0.2, 0) is 27.3 Å². The summed E-state index contributed by atoms with van der Waals surface area (Å²) in [5.41, 5.74) is 2.52. The van der Waals surface area contributed by atoms with Crippen LogP contribution in [0.1, 0.15) is 27.2 Å². The van der Waals surface area contributed by atoms with Crippen LogP contribution in [-0.4, -0.2) is 43.7 Å². The molecule has 150 valence electrons. The molecule has 1 fully saturated rings. The fraction of sp³-hybridized carbons (Fsp3) is 0.381. The van der Waals surface area contributed by atoms with Crippen molar-refractivity contribution in [2.75, 3.05) is 19.7 Å². The van der Waals surface area contributed by atoms with Gasteiger partial charge in [0, 0.05) is 34.9 Å². The van der Waals surface area contributed by atoms with Crippen LogP contribution in [0, 0.1) is 11.3 Å². The van der Waals surface area contributed by atoms with Crippen LogP contribution >= 0.6 is 11.3 Å². The molecule has 0 radical (unpaired) electrons. The Hall–Kier alpha value is -2.73. The number of amides is 1. The van der Waals surface area contributed by atoms with E-state index in [9.17, 15) is 14.9 Å². The molecule has 0 aliphatic carbocycles. The van der Waals surface area contributed by atoms with Crippen molar-refractivity contribution in [1.29, 1.82) is 5.26 Å². The Balaban J connectivity index is 1.40. The molecule has 4 rings (SSSR count). The van der Waals surface area contributed by atoms with Crippen molar-refractivity contribution in [3.8, 4) is 16.5 Å². The average Bonchev–Trinajstić information content (AvgIpc) is 3.24. The number of benzene rings is 1. The van der Waals surface area contributed by atoms with Gasteiger partial charge in [0.25, 0.3) is 5.91 Å². The van der Waals surface area contributed by atoms with Gasteiger partial charge >= 0.3 is 5.97 Å². The molecule has 1 aromatic heterocycles. The van der Waals surface area contributed by atoms with Crippen LogP contribution in [0.15, 0.2) is 30.3 Å². The molecule has 29 heavy (non-hydrogen) atoms. The van der Waals surface area contributed by atoms with E-state index >= 15 is 0 Å². The average molecular weight is 411 g/mol. The lowest BCUT2D eigenvalue weighted by atomic mass is 10.1. The maximum atomic E-state index is 12.4. The van der Waals surface area contributed by atoms with E-state index in [1.165, 1.54) is 0 Å². The highest BCUT2D eigenvalue weighted by molar-refractivity contribution is 7.15. The second kappa shape index (κ2) is 8.74. The van der Waals surface area contributed by atoms with Gasteiger partial charge in [0.05, 0.1) is 11.6 Å². The minimum Gasteiger partial charge on any atom is -0.457 e. The molecule has 1 aromatic carbocycles. The molecule has 2 N–H and O–H groups in total. The number of carbonyl (C=O) groups excluding carboxylic acids is 2. The Morgan fingerprint density at radius 2 is 2.28 bits per heavy atom. The predicted molar refractivity (Wildman–Crippen MR) is 107 cm³/mol. The molecule has 2 aromatic rings. The molecule has 2 aliphatic heterocycles. The highest BCUT2D eigenvalue weighted by Crippen LogP contribution is 2.32. The van der Waals surface area contributed by atoms with Crippen molar-refractivity contribution in [1.82, 2.24) is 10.6 Å². The third-order valence-electron chi connectivity index (χ3n) is 4.95. The SMILES string of the molecule is N#C[C@H](Cc1ccc(-c2ccc3c(c2)COC3=O)s1)NC(=O)[C@@H]1CNCCCO1. The number of hydrogen-bond acceptors (Lipinski definition) is 7. The summed E-state index contributed by atoms with van der Waals surface area (Å²) in [4.78, 5) is 26.0. The standard InChI is InChI=1S/C21H21N3O4S/c22-10-15(24-20(25)18-11-23-6-1-7-27-18)9-16-3-5-19(29-16)13-2-4-17-14(8-13)12-28-21(17)26/h2-5,8,15,18,23H,1,6-7,9,11-12H2,(H,24,25)/t15-,18-/m0/s1. The van der Waals surface area contributed by atoms with Gasteiger partial charge < -0.3 is 20.1 Å². The summed E-state index contributed by atoms with van der Waals surface area (Å²) in [6.07, 6.45) is 0.732. The fourth-order valence-electron chi connectivity index (χ4n) is 3.41. The van der Waals surface area contributed by atoms with E-state index in [1.54, 1.807) is 17.4 Å². The third kappa shape index (κ3) is 4.48. The second-order valence-electron chi connectivity index (χ2n) is 7.03. The van der Waals surface area contributed by atoms with Gasteiger partial charge in [-0.25, -0.2) is 4.79 Å². The van der Waals surface area contributed by atoms with Crippen LogP contribution in [0.2, 0.25) is 0 Å². The Bertz CT molecular complexity index is 957. The van der Waals surface area contributed by atoms with E-state index in [2.05, 4.69) is 16.7 Å². The van der Waals surface area contributed by atoms with Crippen molar-refractivity contribution < 1.29 is 19.1 Å². The van der Waals surface area contributed by atoms with Crippen LogP contribution in [0.5, 0.6) is 0 Å². The van der Waals surface area contributed by atoms with E-state index in [0.717, 1.165) is 33.8 Å². The van der Waals surface area contributed by atoms with Gasteiger partial charge in [0.15, 0.2) is 0 Å². The maximum Gasteiger partial charge on any atom is 0.338 e. The van der Waals surface area contributed by atoms with Crippen molar-refractivity contribution in [2.24, 2.45) is 0 Å². The van der Waals surface area contributed by atoms with Gasteiger partial charge in [-0.3, -0.25) is 4.79 Å². The lowest BCUT2D eigenvalue weighted by molar-refractivity contribution is -0.132. The van der Waals surface area contributed by atoms with Crippen LogP contribution in [0.25, 0.3) is 10.4 Å². The van der Waals surface area contributed by atoms with E-state index in [-0.39, 0.29) is 11.9 Å². The summed E-state index contributed by atoms with van der Waals surface area (Å²) in [5, 5.41) is 15.4. The number of ether oxygens (including phenoxy) is 2. The maximum absolute atomic E-state index is 12.4. The van der Waals surface area contributed by atoms with Crippen LogP contribution in [0.3, 0.4) is 0 Å². The molecular weight excluding hydrogens is 390 g/mol. The number of nitrogens with zero attached hydrogens (tertiary/aromatic N) is 1. The number of esters is 1. The number of nitriles is 1. The monoisotopic (exact) mass is 411 g/mol. The van der Waals surface area contributed by atoms with E-state index in [0.29, 0.717) is 31.7 Å². The van der Waals surface area contributed by atoms with Gasteiger partial charge in [0.1, 0.15) is 18.8 Å². The van der Waals surface area contributed by atoms with Crippen molar-refractivity contribution >= 4 is 23.2 Å². The van der Waals surface area contributed by atoms with Gasteiger partial charge in [-0.15, -0.1) is 11.3 Å². The third-order valence-corrected chi connectivity index (χ3v) is 6.10. The second-order valence-corrected chi connectivity index (χ2v) is 8.19. The van der Waals surface area contributed by atoms with Crippen molar-refractivity contribution in [2.45, 2.75) is 31.6 Å². The van der Waals surface area contributed by atoms with E-state index < -0.39 is 12.1 Å². The first-order valence-electron chi connectivity index (χ1n) is 9.55. The summed E-state index contributed by atoms with van der Waals surface area (Å²) in [6, 6.07) is 11.2. The first kappa shape index (κ1) is 19.6. The lowest BCUT2D eigenvalue weighted by Gasteiger charge is -2.17. The number of fused-ring (bicyclic) bond motifs is 1. The number of carbonyl (C=O) groups is 2. The van der Waals surface area contributed by atoms with Crippen LogP contribution in [0.4, 0.5) is 0 Å². The molecule has 0 spiro atoms. The topological polar surface area (TPSA) is 100 Å². The molecule has 0 saturated carbocycles. The Morgan fingerprint density at radius 3 is 3.14 bits per heavy atom. The summed E-state index contributed by atoms with van der Waals surface area (Å²) in [6.45, 7) is 2.12. The molecule has 8 heteroatoms. The summed E-state index contributed by atoms with van der Waals surface area (Å²) in [7, 11) is 0. The molecular formula is C21H21N3O4S. The molecule has 2 aliphatic rings. The van der Waals surface area contributed by atoms with Gasteiger partial charge in [-0.2, -0.15) is 5.26 Å². The molecule has 0 unspecified atom stereocenters. The predicted octanol–water partition coefficient (Wildman–Crippen LogP) is 2.01. The van der Waals surface area contributed by atoms with E-state index in [1.807, 2.05) is 24.3 Å². The smallest absolute Gasteiger partial charge is 0.338 e. The minimum atomic E-state index is -0.619. The molecule has 0 bridgehead atoms. The number of rotatable bonds is 5. The quantitative estimate of drug-likeness (QED) is 0.730. The molecule has 2 atom stereocenters. The summed E-state index contributed by atoms with van der Waals surface area (Å²) in [5.74, 6) is -0.537. The van der Waals surface area contributed by atoms with Gasteiger partial charge in [-0.1, -0.05) is 6.07 Å². The molecule has 3 heterocycles. The Kier molecular flexibility index (Phi) is 5.90. The van der Waals surface area contributed by atoms with E-state index in [4.69, 9.17) is 9.47 Å². The first-order chi connectivity index (χ1) is 14.1. The number of thiophene rings is 1. The van der Waals surface area contributed by atoms with Crippen molar-refractivity contribution in [3.05, 3.63) is 46.3 Å². The van der Waals surface area contributed by atoms with Gasteiger partial charge in [0.2, 0.25) is 0 Å². The number of cyclic esters (lactones) is 1. The Labute approximate surface area is 172 Å². The number of hydrogen-bond donors (Lipinski definition) is 2. The minimum absolute atomic E-state index is 0.258.